The number of hydrogen-bond acceptors (Lipinski definition) is 6. The van der Waals surface area contributed by atoms with E-state index in [1.54, 1.807) is 5.57 Å². The molecule has 1 atom stereocenters. The molecule has 1 unspecified atom stereocenters. The van der Waals surface area contributed by atoms with Gasteiger partial charge in [-0.25, -0.2) is 9.59 Å². The number of unbranched alkanes of at least 4 members (excludes halogenated alkanes) is 2. The Morgan fingerprint density at radius 3 is 1.82 bits per heavy atom. The first-order valence-electron chi connectivity index (χ1n) is 19.5. The van der Waals surface area contributed by atoms with Gasteiger partial charge in [-0.15, -0.1) is 0 Å². The maximum atomic E-state index is 12.1. The van der Waals surface area contributed by atoms with Gasteiger partial charge in [-0.05, 0) is 97.7 Å². The molecule has 49 heavy (non-hydrogen) atoms. The van der Waals surface area contributed by atoms with Crippen LogP contribution in [-0.4, -0.2) is 48.6 Å². The van der Waals surface area contributed by atoms with Crippen molar-refractivity contribution in [3.8, 4) is 0 Å². The molecule has 4 rings (SSSR count). The van der Waals surface area contributed by atoms with E-state index in [4.69, 9.17) is 9.47 Å². The molecule has 0 bridgehead atoms. The Balaban J connectivity index is 1.13. The number of aliphatic hydroxyl groups excluding tert-OH is 2. The molecule has 0 amide bonds. The van der Waals surface area contributed by atoms with E-state index in [9.17, 15) is 19.8 Å². The van der Waals surface area contributed by atoms with Crippen LogP contribution in [0.2, 0.25) is 0 Å². The summed E-state index contributed by atoms with van der Waals surface area (Å²) >= 11 is 0. The molecule has 0 heterocycles. The third-order valence-corrected chi connectivity index (χ3v) is 11.9. The fourth-order valence-electron chi connectivity index (χ4n) is 8.56. The zero-order chi connectivity index (χ0) is 35.0. The predicted octanol–water partition coefficient (Wildman–Crippen LogP) is 9.19. The van der Waals surface area contributed by atoms with Crippen LogP contribution in [0.15, 0.2) is 54.6 Å². The van der Waals surface area contributed by atoms with Gasteiger partial charge in [0, 0.05) is 5.92 Å². The SMILES string of the molecule is C=C(CO)C(=O)OCC(COC(=O)C(=C)CO)CC1CCC(CCC2CCC(C3CC=C(c4ccc(CCCCC)cc4)CC3)CC2)CC1. The molecule has 0 aromatic heterocycles. The van der Waals surface area contributed by atoms with Crippen molar-refractivity contribution in [1.82, 2.24) is 0 Å². The number of rotatable bonds is 19. The monoisotopic (exact) mass is 676 g/mol. The summed E-state index contributed by atoms with van der Waals surface area (Å²) in [5.41, 5.74) is 4.50. The maximum absolute atomic E-state index is 12.1. The molecule has 2 fully saturated rings. The molecular weight excluding hydrogens is 612 g/mol. The summed E-state index contributed by atoms with van der Waals surface area (Å²) in [6, 6.07) is 9.42. The number of ether oxygens (including phenoxy) is 2. The third kappa shape index (κ3) is 12.8. The Morgan fingerprint density at radius 2 is 1.31 bits per heavy atom. The normalized spacial score (nSPS) is 24.2. The molecule has 0 radical (unpaired) electrons. The van der Waals surface area contributed by atoms with Gasteiger partial charge in [-0.3, -0.25) is 0 Å². The predicted molar refractivity (Wildman–Crippen MR) is 198 cm³/mol. The van der Waals surface area contributed by atoms with Crippen LogP contribution in [-0.2, 0) is 25.5 Å². The van der Waals surface area contributed by atoms with Crippen molar-refractivity contribution in [3.63, 3.8) is 0 Å². The standard InChI is InChI=1S/C43H64O6/c1-4-5-6-7-33-14-18-38(19-15-33)40-22-24-41(25-23-40)39-20-16-35(17-21-39)9-8-34-10-12-36(13-11-34)26-37(29-48-42(46)31(2)27-44)30-49-43(47)32(3)28-45/h14-15,18-19,22,34-37,39,41,44-45H,2-13,16-17,20-21,23-30H2,1H3. The molecule has 1 aromatic rings. The number of aliphatic hydroxyl groups is 2. The van der Waals surface area contributed by atoms with E-state index in [1.807, 2.05) is 0 Å². The first kappa shape index (κ1) is 39.1. The Kier molecular flexibility index (Phi) is 16.6. The molecular formula is C43H64O6. The summed E-state index contributed by atoms with van der Waals surface area (Å²) in [5, 5.41) is 18.4. The average Bonchev–Trinajstić information content (AvgIpc) is 3.15. The number of carbonyl (C=O) groups is 2. The molecule has 2 N–H and O–H groups in total. The van der Waals surface area contributed by atoms with E-state index in [1.165, 1.54) is 107 Å². The highest BCUT2D eigenvalue weighted by atomic mass is 16.5. The Morgan fingerprint density at radius 1 is 0.755 bits per heavy atom. The van der Waals surface area contributed by atoms with Gasteiger partial charge in [-0.1, -0.05) is 115 Å². The quantitative estimate of drug-likeness (QED) is 0.0863. The average molecular weight is 677 g/mol. The van der Waals surface area contributed by atoms with E-state index < -0.39 is 25.2 Å². The van der Waals surface area contributed by atoms with Crippen molar-refractivity contribution in [1.29, 1.82) is 0 Å². The second-order valence-electron chi connectivity index (χ2n) is 15.5. The zero-order valence-electron chi connectivity index (χ0n) is 30.3. The van der Waals surface area contributed by atoms with Crippen molar-refractivity contribution in [2.75, 3.05) is 26.4 Å². The minimum absolute atomic E-state index is 0.00759. The number of carbonyl (C=O) groups excluding carboxylic acids is 2. The number of aryl methyl sites for hydroxylation is 1. The van der Waals surface area contributed by atoms with Crippen LogP contribution < -0.4 is 0 Å². The lowest BCUT2D eigenvalue weighted by molar-refractivity contribution is -0.145. The Hall–Kier alpha value is -2.70. The fourth-order valence-corrected chi connectivity index (χ4v) is 8.56. The van der Waals surface area contributed by atoms with Crippen LogP contribution in [0.1, 0.15) is 127 Å². The zero-order valence-corrected chi connectivity index (χ0v) is 30.3. The van der Waals surface area contributed by atoms with Gasteiger partial charge in [0.05, 0.1) is 37.6 Å². The van der Waals surface area contributed by atoms with Crippen molar-refractivity contribution in [2.24, 2.45) is 35.5 Å². The van der Waals surface area contributed by atoms with Gasteiger partial charge in [0.2, 0.25) is 0 Å². The highest BCUT2D eigenvalue weighted by Gasteiger charge is 2.30. The number of benzene rings is 1. The van der Waals surface area contributed by atoms with Crippen LogP contribution >= 0.6 is 0 Å². The fraction of sp³-hybridized carbons (Fsp3) is 0.674. The second-order valence-corrected chi connectivity index (χ2v) is 15.5. The van der Waals surface area contributed by atoms with Gasteiger partial charge in [-0.2, -0.15) is 0 Å². The molecule has 272 valence electrons. The van der Waals surface area contributed by atoms with Gasteiger partial charge in [0.15, 0.2) is 0 Å². The summed E-state index contributed by atoms with van der Waals surface area (Å²) in [6.45, 7) is 8.63. The lowest BCUT2D eigenvalue weighted by Crippen LogP contribution is -2.26. The lowest BCUT2D eigenvalue weighted by atomic mass is 9.69. The maximum Gasteiger partial charge on any atom is 0.335 e. The highest BCUT2D eigenvalue weighted by Crippen LogP contribution is 2.43. The van der Waals surface area contributed by atoms with E-state index in [2.05, 4.69) is 50.4 Å². The topological polar surface area (TPSA) is 93.1 Å². The summed E-state index contributed by atoms with van der Waals surface area (Å²) in [4.78, 5) is 24.1. The van der Waals surface area contributed by atoms with Gasteiger partial charge in [0.25, 0.3) is 0 Å². The van der Waals surface area contributed by atoms with Crippen LogP contribution in [0, 0.1) is 35.5 Å². The van der Waals surface area contributed by atoms with Crippen molar-refractivity contribution in [3.05, 3.63) is 65.8 Å². The van der Waals surface area contributed by atoms with Crippen LogP contribution in [0.3, 0.4) is 0 Å². The summed E-state index contributed by atoms with van der Waals surface area (Å²) in [5.74, 6) is 2.53. The van der Waals surface area contributed by atoms with E-state index in [-0.39, 0.29) is 30.3 Å². The lowest BCUT2D eigenvalue weighted by Gasteiger charge is -2.36. The van der Waals surface area contributed by atoms with Crippen LogP contribution in [0.4, 0.5) is 0 Å². The van der Waals surface area contributed by atoms with Crippen molar-refractivity contribution >= 4 is 17.5 Å². The second kappa shape index (κ2) is 20.8. The van der Waals surface area contributed by atoms with Crippen molar-refractivity contribution in [2.45, 2.75) is 122 Å². The minimum atomic E-state index is -0.629. The molecule has 0 spiro atoms. The highest BCUT2D eigenvalue weighted by molar-refractivity contribution is 5.88. The molecule has 3 aliphatic carbocycles. The Labute approximate surface area is 296 Å². The van der Waals surface area contributed by atoms with E-state index >= 15 is 0 Å². The third-order valence-electron chi connectivity index (χ3n) is 11.9. The Bertz CT molecular complexity index is 1180. The molecule has 3 aliphatic rings. The summed E-state index contributed by atoms with van der Waals surface area (Å²) in [6.07, 6.45) is 25.4. The van der Waals surface area contributed by atoms with E-state index in [0.717, 1.165) is 42.9 Å². The summed E-state index contributed by atoms with van der Waals surface area (Å²) in [7, 11) is 0. The van der Waals surface area contributed by atoms with Crippen molar-refractivity contribution < 1.29 is 29.3 Å². The first-order valence-corrected chi connectivity index (χ1v) is 19.5. The van der Waals surface area contributed by atoms with Gasteiger partial charge in [0.1, 0.15) is 0 Å². The smallest absolute Gasteiger partial charge is 0.335 e. The van der Waals surface area contributed by atoms with Crippen LogP contribution in [0.5, 0.6) is 0 Å². The molecule has 6 heteroatoms. The molecule has 2 saturated carbocycles. The van der Waals surface area contributed by atoms with E-state index in [0.29, 0.717) is 5.92 Å². The minimum Gasteiger partial charge on any atom is -0.462 e. The molecule has 0 aliphatic heterocycles. The molecule has 0 saturated heterocycles. The van der Waals surface area contributed by atoms with Crippen LogP contribution in [0.25, 0.3) is 5.57 Å². The van der Waals surface area contributed by atoms with Gasteiger partial charge < -0.3 is 19.7 Å². The van der Waals surface area contributed by atoms with Gasteiger partial charge >= 0.3 is 11.9 Å². The number of allylic oxidation sites excluding steroid dienone is 2. The largest absolute Gasteiger partial charge is 0.462 e. The molecule has 1 aromatic carbocycles. The first-order chi connectivity index (χ1) is 23.8. The summed E-state index contributed by atoms with van der Waals surface area (Å²) < 4.78 is 10.7. The molecule has 6 nitrogen and oxygen atoms in total. The number of esters is 2. The number of hydrogen-bond donors (Lipinski definition) is 2.